The predicted molar refractivity (Wildman–Crippen MR) is 69.6 cm³/mol. The molecule has 1 unspecified atom stereocenters. The molecule has 0 spiro atoms. The van der Waals surface area contributed by atoms with Crippen LogP contribution >= 0.6 is 11.6 Å². The Morgan fingerprint density at radius 3 is 2.84 bits per heavy atom. The van der Waals surface area contributed by atoms with E-state index in [-0.39, 0.29) is 29.4 Å². The molecule has 1 aromatic carbocycles. The summed E-state index contributed by atoms with van der Waals surface area (Å²) < 4.78 is 4.97. The zero-order valence-electron chi connectivity index (χ0n) is 10.1. The van der Waals surface area contributed by atoms with Crippen molar-refractivity contribution in [1.29, 1.82) is 0 Å². The Balaban J connectivity index is 2.76. The van der Waals surface area contributed by atoms with Crippen LogP contribution in [-0.2, 0) is 9.53 Å². The zero-order valence-corrected chi connectivity index (χ0v) is 10.9. The van der Waals surface area contributed by atoms with Crippen LogP contribution < -0.4 is 5.32 Å². The van der Waals surface area contributed by atoms with Crippen molar-refractivity contribution in [2.75, 3.05) is 19.0 Å². The van der Waals surface area contributed by atoms with Gasteiger partial charge in [-0.15, -0.1) is 0 Å². The highest BCUT2D eigenvalue weighted by molar-refractivity contribution is 6.30. The van der Waals surface area contributed by atoms with Crippen LogP contribution in [0.1, 0.15) is 6.42 Å². The van der Waals surface area contributed by atoms with Gasteiger partial charge in [0, 0.05) is 24.7 Å². The molecule has 0 saturated carbocycles. The molecule has 0 heterocycles. The Hall–Kier alpha value is -1.86. The van der Waals surface area contributed by atoms with Crippen molar-refractivity contribution in [3.63, 3.8) is 0 Å². The van der Waals surface area contributed by atoms with Gasteiger partial charge in [0.05, 0.1) is 17.4 Å². The van der Waals surface area contributed by atoms with Gasteiger partial charge in [0.2, 0.25) is 0 Å². The Morgan fingerprint density at radius 1 is 1.63 bits per heavy atom. The van der Waals surface area contributed by atoms with Gasteiger partial charge in [0.25, 0.3) is 5.69 Å². The molecule has 0 radical (unpaired) electrons. The second-order valence-corrected chi connectivity index (χ2v) is 4.19. The highest BCUT2D eigenvalue weighted by atomic mass is 35.5. The van der Waals surface area contributed by atoms with Crippen molar-refractivity contribution in [2.24, 2.45) is 0 Å². The quantitative estimate of drug-likeness (QED) is 0.589. The number of hydrogen-bond donors (Lipinski definition) is 2. The summed E-state index contributed by atoms with van der Waals surface area (Å²) in [6.45, 7) is 0.144. The Labute approximate surface area is 114 Å². The summed E-state index contributed by atoms with van der Waals surface area (Å²) in [6.07, 6.45) is -0.766. The van der Waals surface area contributed by atoms with Crippen LogP contribution in [0.4, 0.5) is 11.4 Å². The lowest BCUT2D eigenvalue weighted by atomic mass is 10.2. The number of nitrogens with one attached hydrogen (secondary N) is 1. The van der Waals surface area contributed by atoms with E-state index in [4.69, 9.17) is 21.4 Å². The van der Waals surface area contributed by atoms with Gasteiger partial charge in [0.1, 0.15) is 5.69 Å². The fourth-order valence-corrected chi connectivity index (χ4v) is 1.63. The van der Waals surface area contributed by atoms with Crippen LogP contribution in [0.2, 0.25) is 5.02 Å². The Kier molecular flexibility index (Phi) is 5.53. The van der Waals surface area contributed by atoms with Gasteiger partial charge >= 0.3 is 5.97 Å². The number of nitrogens with zero attached hydrogens (tertiary/aromatic N) is 1. The van der Waals surface area contributed by atoms with Gasteiger partial charge in [-0.05, 0) is 12.1 Å². The number of ether oxygens (including phenoxy) is 1. The third-order valence-corrected chi connectivity index (χ3v) is 2.65. The first kappa shape index (κ1) is 15.2. The van der Waals surface area contributed by atoms with Crippen molar-refractivity contribution in [3.8, 4) is 0 Å². The first-order valence-electron chi connectivity index (χ1n) is 5.36. The molecule has 104 valence electrons. The van der Waals surface area contributed by atoms with Gasteiger partial charge < -0.3 is 15.2 Å². The number of halogens is 1. The van der Waals surface area contributed by atoms with E-state index < -0.39 is 17.0 Å². The van der Waals surface area contributed by atoms with Crippen molar-refractivity contribution in [2.45, 2.75) is 12.5 Å². The largest absolute Gasteiger partial charge is 0.481 e. The molecular weight excluding hydrogens is 276 g/mol. The van der Waals surface area contributed by atoms with E-state index in [0.29, 0.717) is 0 Å². The molecule has 2 N–H and O–H groups in total. The topological polar surface area (TPSA) is 102 Å². The molecule has 19 heavy (non-hydrogen) atoms. The molecule has 1 rings (SSSR count). The number of anilines is 1. The first-order valence-corrected chi connectivity index (χ1v) is 5.74. The fourth-order valence-electron chi connectivity index (χ4n) is 1.46. The number of rotatable bonds is 7. The van der Waals surface area contributed by atoms with Gasteiger partial charge in [-0.3, -0.25) is 14.9 Å². The number of carboxylic acid groups (broad SMARTS) is 1. The first-order chi connectivity index (χ1) is 8.93. The number of benzene rings is 1. The van der Waals surface area contributed by atoms with Crippen molar-refractivity contribution >= 4 is 28.9 Å². The third-order valence-electron chi connectivity index (χ3n) is 2.41. The summed E-state index contributed by atoms with van der Waals surface area (Å²) in [5, 5.41) is 22.6. The van der Waals surface area contributed by atoms with E-state index in [1.165, 1.54) is 25.3 Å². The number of methoxy groups -OCH3 is 1. The minimum atomic E-state index is -1.00. The van der Waals surface area contributed by atoms with Crippen LogP contribution in [0.25, 0.3) is 0 Å². The summed E-state index contributed by atoms with van der Waals surface area (Å²) in [5.41, 5.74) is 0.0968. The maximum atomic E-state index is 10.8. The molecule has 0 aromatic heterocycles. The molecule has 7 nitrogen and oxygen atoms in total. The molecular formula is C11H13ClN2O5. The molecule has 0 saturated heterocycles. The van der Waals surface area contributed by atoms with Crippen LogP contribution in [0.15, 0.2) is 18.2 Å². The third kappa shape index (κ3) is 4.72. The number of carbonyl (C=O) groups is 1. The van der Waals surface area contributed by atoms with E-state index in [0.717, 1.165) is 0 Å². The molecule has 0 amide bonds. The van der Waals surface area contributed by atoms with E-state index >= 15 is 0 Å². The maximum absolute atomic E-state index is 10.8. The van der Waals surface area contributed by atoms with E-state index in [1.54, 1.807) is 0 Å². The molecule has 8 heteroatoms. The number of hydrogen-bond acceptors (Lipinski definition) is 5. The normalized spacial score (nSPS) is 11.9. The Morgan fingerprint density at radius 2 is 2.32 bits per heavy atom. The second kappa shape index (κ2) is 6.91. The second-order valence-electron chi connectivity index (χ2n) is 3.76. The molecule has 0 aliphatic heterocycles. The lowest BCUT2D eigenvalue weighted by Crippen LogP contribution is -2.25. The number of nitro groups is 1. The molecule has 1 aromatic rings. The average Bonchev–Trinajstić information content (AvgIpc) is 2.34. The van der Waals surface area contributed by atoms with Crippen LogP contribution in [0.3, 0.4) is 0 Å². The highest BCUT2D eigenvalue weighted by Crippen LogP contribution is 2.27. The molecule has 0 fully saturated rings. The molecule has 1 atom stereocenters. The van der Waals surface area contributed by atoms with Gasteiger partial charge in [0.15, 0.2) is 0 Å². The predicted octanol–water partition coefficient (Wildman–Crippen LogP) is 2.15. The van der Waals surface area contributed by atoms with E-state index in [2.05, 4.69) is 5.32 Å². The minimum absolute atomic E-state index is 0.144. The number of carboxylic acids is 1. The van der Waals surface area contributed by atoms with E-state index in [9.17, 15) is 14.9 Å². The number of aliphatic carboxylic acids is 1. The zero-order chi connectivity index (χ0) is 14.4. The van der Waals surface area contributed by atoms with Crippen LogP contribution in [0, 0.1) is 10.1 Å². The number of nitro benzene ring substituents is 1. The van der Waals surface area contributed by atoms with Crippen molar-refractivity contribution in [3.05, 3.63) is 33.3 Å². The molecule has 0 aliphatic rings. The summed E-state index contributed by atoms with van der Waals surface area (Å²) in [5.74, 6) is -1.00. The van der Waals surface area contributed by atoms with Crippen molar-refractivity contribution in [1.82, 2.24) is 0 Å². The smallest absolute Gasteiger partial charge is 0.306 e. The lowest BCUT2D eigenvalue weighted by molar-refractivity contribution is -0.383. The fraction of sp³-hybridized carbons (Fsp3) is 0.364. The Bertz CT molecular complexity index is 480. The summed E-state index contributed by atoms with van der Waals surface area (Å²) in [7, 11) is 1.38. The summed E-state index contributed by atoms with van der Waals surface area (Å²) in [6, 6.07) is 4.20. The molecule has 0 aliphatic carbocycles. The standard InChI is InChI=1S/C11H13ClN2O5/c1-19-8(5-11(15)16)6-13-9-3-2-7(12)4-10(9)14(17)18/h2-4,8,13H,5-6H2,1H3,(H,15,16). The van der Waals surface area contributed by atoms with Crippen molar-refractivity contribution < 1.29 is 19.6 Å². The maximum Gasteiger partial charge on any atom is 0.306 e. The lowest BCUT2D eigenvalue weighted by Gasteiger charge is -2.14. The average molecular weight is 289 g/mol. The summed E-state index contributed by atoms with van der Waals surface area (Å²) in [4.78, 5) is 20.9. The van der Waals surface area contributed by atoms with Crippen LogP contribution in [0.5, 0.6) is 0 Å². The van der Waals surface area contributed by atoms with Crippen LogP contribution in [-0.4, -0.2) is 35.8 Å². The van der Waals surface area contributed by atoms with Gasteiger partial charge in [-0.25, -0.2) is 0 Å². The minimum Gasteiger partial charge on any atom is -0.481 e. The summed E-state index contributed by atoms with van der Waals surface area (Å²) >= 11 is 5.69. The van der Waals surface area contributed by atoms with Gasteiger partial charge in [-0.2, -0.15) is 0 Å². The molecule has 0 bridgehead atoms. The highest BCUT2D eigenvalue weighted by Gasteiger charge is 2.17. The van der Waals surface area contributed by atoms with Gasteiger partial charge in [-0.1, -0.05) is 11.6 Å². The SMILES string of the molecule is COC(CNc1ccc(Cl)cc1[N+](=O)[O-])CC(=O)O. The van der Waals surface area contributed by atoms with E-state index in [1.807, 2.05) is 0 Å². The monoisotopic (exact) mass is 288 g/mol.